The van der Waals surface area contributed by atoms with E-state index in [1.54, 1.807) is 12.1 Å². The Morgan fingerprint density at radius 2 is 1.52 bits per heavy atom. The van der Waals surface area contributed by atoms with E-state index < -0.39 is 80.5 Å². The Bertz CT molecular complexity index is 2050. The Kier molecular flexibility index (Phi) is 12.0. The third-order valence-corrected chi connectivity index (χ3v) is 10.6. The highest BCUT2D eigenvalue weighted by Gasteiger charge is 2.53. The van der Waals surface area contributed by atoms with Crippen molar-refractivity contribution in [1.29, 1.82) is 0 Å². The molecule has 4 aromatic rings. The minimum atomic E-state index is -4.60. The highest BCUT2D eigenvalue weighted by atomic mass is 32.2. The van der Waals surface area contributed by atoms with Gasteiger partial charge in [-0.1, -0.05) is 80.6 Å². The average molecular weight is 733 g/mol. The summed E-state index contributed by atoms with van der Waals surface area (Å²) in [6.45, 7) is 3.21. The fraction of sp³-hybridized carbons (Fsp3) is 0.263. The summed E-state index contributed by atoms with van der Waals surface area (Å²) in [5, 5.41) is 6.02. The number of ether oxygens (including phenoxy) is 1. The number of benzene rings is 4. The molecule has 3 atom stereocenters. The Balaban J connectivity index is 1.38. The Labute approximate surface area is 300 Å². The first-order chi connectivity index (χ1) is 24.9. The van der Waals surface area contributed by atoms with Crippen LogP contribution in [0.3, 0.4) is 0 Å². The topological polar surface area (TPSA) is 151 Å². The third kappa shape index (κ3) is 8.80. The van der Waals surface area contributed by atoms with Gasteiger partial charge in [-0.15, -0.1) is 0 Å². The molecule has 0 spiro atoms. The summed E-state index contributed by atoms with van der Waals surface area (Å²) in [5.41, 5.74) is 0.957. The molecular weight excluding hydrogens is 695 g/mol. The molecular formula is C38H38F2N4O7S. The van der Waals surface area contributed by atoms with Crippen LogP contribution >= 0.6 is 0 Å². The minimum Gasteiger partial charge on any atom is -0.457 e. The number of rotatable bonds is 12. The van der Waals surface area contributed by atoms with Gasteiger partial charge < -0.3 is 25.6 Å². The first-order valence-corrected chi connectivity index (χ1v) is 18.1. The number of halogens is 2. The third-order valence-electron chi connectivity index (χ3n) is 8.45. The van der Waals surface area contributed by atoms with Crippen molar-refractivity contribution >= 4 is 39.3 Å². The number of urea groups is 1. The quantitative estimate of drug-likeness (QED) is 0.165. The number of carbonyl (C=O) groups excluding carboxylic acids is 4. The molecule has 0 aromatic heterocycles. The van der Waals surface area contributed by atoms with Crippen LogP contribution in [-0.4, -0.2) is 61.5 Å². The number of likely N-dealkylation sites (tertiary alicyclic amines) is 1. The van der Waals surface area contributed by atoms with E-state index in [1.165, 1.54) is 54.6 Å². The second kappa shape index (κ2) is 16.6. The molecule has 3 N–H and O–H groups in total. The molecule has 5 rings (SSSR count). The molecule has 11 nitrogen and oxygen atoms in total. The summed E-state index contributed by atoms with van der Waals surface area (Å²) in [6, 6.07) is 21.1. The van der Waals surface area contributed by atoms with Crippen LogP contribution in [0.15, 0.2) is 108 Å². The van der Waals surface area contributed by atoms with E-state index in [0.717, 1.165) is 28.7 Å². The lowest BCUT2D eigenvalue weighted by Gasteiger charge is -2.32. The lowest BCUT2D eigenvalue weighted by molar-refractivity contribution is -0.139. The van der Waals surface area contributed by atoms with Gasteiger partial charge in [0.05, 0.1) is 23.4 Å². The smallest absolute Gasteiger partial charge is 0.338 e. The Hall–Kier alpha value is -5.63. The second-order valence-electron chi connectivity index (χ2n) is 12.6. The van der Waals surface area contributed by atoms with Gasteiger partial charge in [-0.25, -0.2) is 26.8 Å². The van der Waals surface area contributed by atoms with Gasteiger partial charge in [0.25, 0.3) is 0 Å². The molecule has 0 aliphatic carbocycles. The van der Waals surface area contributed by atoms with Crippen molar-refractivity contribution in [2.45, 2.75) is 49.1 Å². The van der Waals surface area contributed by atoms with Crippen LogP contribution in [-0.2, 0) is 30.8 Å². The van der Waals surface area contributed by atoms with Crippen LogP contribution in [0.4, 0.5) is 19.3 Å². The Morgan fingerprint density at radius 3 is 2.21 bits per heavy atom. The standard InChI is InChI=1S/C38H38F2N4O7S/c1-24(2)21-41-36(46)31-20-33(52(49,50)32-18-9-8-17-30(32)40)35(28-15-6-7-16-29(28)39)44(31)34(45)22-42-38(48)43-27-14-10-13-26(19-27)37(47)51-23-25-11-4-3-5-12-25/h3-19,24,31,33,35H,20-23H2,1-2H3,(H,41,46)(H2,42,43,48). The van der Waals surface area contributed by atoms with E-state index in [9.17, 15) is 32.0 Å². The van der Waals surface area contributed by atoms with Gasteiger partial charge in [-0.2, -0.15) is 0 Å². The lowest BCUT2D eigenvalue weighted by atomic mass is 10.0. The SMILES string of the molecule is CC(C)CNC(=O)C1CC(S(=O)(=O)c2ccccc2F)C(c2ccccc2F)N1C(=O)CNC(=O)Nc1cccc(C(=O)OCc2ccccc2)c1. The van der Waals surface area contributed by atoms with Crippen LogP contribution in [0.5, 0.6) is 0 Å². The van der Waals surface area contributed by atoms with Gasteiger partial charge in [0.2, 0.25) is 11.8 Å². The molecule has 1 aliphatic heterocycles. The molecule has 1 saturated heterocycles. The molecule has 1 aliphatic rings. The van der Waals surface area contributed by atoms with Gasteiger partial charge in [0.1, 0.15) is 29.2 Å². The van der Waals surface area contributed by atoms with Gasteiger partial charge in [0.15, 0.2) is 9.84 Å². The van der Waals surface area contributed by atoms with Gasteiger partial charge >= 0.3 is 12.0 Å². The molecule has 4 aromatic carbocycles. The first kappa shape index (κ1) is 37.6. The average Bonchev–Trinajstić information content (AvgIpc) is 3.54. The highest BCUT2D eigenvalue weighted by molar-refractivity contribution is 7.92. The van der Waals surface area contributed by atoms with Gasteiger partial charge in [-0.05, 0) is 54.3 Å². The summed E-state index contributed by atoms with van der Waals surface area (Å²) in [7, 11) is -4.60. The van der Waals surface area contributed by atoms with E-state index in [2.05, 4.69) is 16.0 Å². The van der Waals surface area contributed by atoms with Crippen molar-refractivity contribution in [2.24, 2.45) is 5.92 Å². The molecule has 4 amide bonds. The number of anilines is 1. The molecule has 3 unspecified atom stereocenters. The molecule has 1 fully saturated rings. The number of nitrogens with one attached hydrogen (secondary N) is 3. The van der Waals surface area contributed by atoms with Crippen LogP contribution in [0.2, 0.25) is 0 Å². The van der Waals surface area contributed by atoms with Crippen molar-refractivity contribution in [3.05, 3.63) is 131 Å². The van der Waals surface area contributed by atoms with Crippen molar-refractivity contribution in [3.63, 3.8) is 0 Å². The van der Waals surface area contributed by atoms with Crippen LogP contribution in [0.1, 0.15) is 47.8 Å². The number of nitrogens with zero attached hydrogens (tertiary/aromatic N) is 1. The van der Waals surface area contributed by atoms with E-state index >= 15 is 4.39 Å². The van der Waals surface area contributed by atoms with Gasteiger partial charge in [-0.3, -0.25) is 9.59 Å². The predicted molar refractivity (Wildman–Crippen MR) is 189 cm³/mol. The molecule has 272 valence electrons. The molecule has 14 heteroatoms. The van der Waals surface area contributed by atoms with Crippen molar-refractivity contribution in [2.75, 3.05) is 18.4 Å². The summed E-state index contributed by atoms with van der Waals surface area (Å²) >= 11 is 0. The maximum Gasteiger partial charge on any atom is 0.338 e. The van der Waals surface area contributed by atoms with Crippen molar-refractivity contribution in [3.8, 4) is 0 Å². The number of carbonyl (C=O) groups is 4. The normalized spacial score (nSPS) is 17.0. The van der Waals surface area contributed by atoms with E-state index in [4.69, 9.17) is 4.74 Å². The number of sulfone groups is 1. The fourth-order valence-corrected chi connectivity index (χ4v) is 7.96. The van der Waals surface area contributed by atoms with E-state index in [1.807, 2.05) is 32.0 Å². The minimum absolute atomic E-state index is 0.00407. The summed E-state index contributed by atoms with van der Waals surface area (Å²) in [4.78, 5) is 53.5. The van der Waals surface area contributed by atoms with Crippen LogP contribution in [0, 0.1) is 17.6 Å². The van der Waals surface area contributed by atoms with Crippen molar-refractivity contribution in [1.82, 2.24) is 15.5 Å². The number of hydrogen-bond acceptors (Lipinski definition) is 7. The maximum absolute atomic E-state index is 15.5. The highest BCUT2D eigenvalue weighted by Crippen LogP contribution is 2.43. The van der Waals surface area contributed by atoms with Crippen LogP contribution < -0.4 is 16.0 Å². The lowest BCUT2D eigenvalue weighted by Crippen LogP contribution is -2.50. The number of hydrogen-bond donors (Lipinski definition) is 3. The number of esters is 1. The van der Waals surface area contributed by atoms with Crippen molar-refractivity contribution < 1.29 is 41.1 Å². The Morgan fingerprint density at radius 1 is 0.846 bits per heavy atom. The molecule has 1 heterocycles. The zero-order valence-corrected chi connectivity index (χ0v) is 29.2. The summed E-state index contributed by atoms with van der Waals surface area (Å²) < 4.78 is 63.9. The second-order valence-corrected chi connectivity index (χ2v) is 14.8. The fourth-order valence-electron chi connectivity index (χ4n) is 5.97. The van der Waals surface area contributed by atoms with Gasteiger partial charge in [0, 0.05) is 17.8 Å². The maximum atomic E-state index is 15.5. The zero-order chi connectivity index (χ0) is 37.4. The predicted octanol–water partition coefficient (Wildman–Crippen LogP) is 5.40. The molecule has 52 heavy (non-hydrogen) atoms. The summed E-state index contributed by atoms with van der Waals surface area (Å²) in [5.74, 6) is -4.07. The molecule has 0 saturated carbocycles. The first-order valence-electron chi connectivity index (χ1n) is 16.5. The van der Waals surface area contributed by atoms with Crippen LogP contribution in [0.25, 0.3) is 0 Å². The largest absolute Gasteiger partial charge is 0.457 e. The number of amides is 4. The zero-order valence-electron chi connectivity index (χ0n) is 28.4. The molecule has 0 radical (unpaired) electrons. The van der Waals surface area contributed by atoms with E-state index in [-0.39, 0.29) is 35.9 Å². The monoisotopic (exact) mass is 732 g/mol. The molecule has 0 bridgehead atoms. The van der Waals surface area contributed by atoms with E-state index in [0.29, 0.717) is 0 Å². The summed E-state index contributed by atoms with van der Waals surface area (Å²) in [6.07, 6.45) is -0.468.